The van der Waals surface area contributed by atoms with Crippen molar-refractivity contribution in [2.24, 2.45) is 0 Å². The highest BCUT2D eigenvalue weighted by atomic mass is 31.2. The zero-order valence-electron chi connectivity index (χ0n) is 13.3. The first-order valence-electron chi connectivity index (χ1n) is 7.65. The number of hydrogen-bond acceptors (Lipinski definition) is 8. The van der Waals surface area contributed by atoms with Gasteiger partial charge in [0.15, 0.2) is 11.0 Å². The first kappa shape index (κ1) is 17.7. The fourth-order valence-electron chi connectivity index (χ4n) is 2.41. The van der Waals surface area contributed by atoms with Gasteiger partial charge in [0, 0.05) is 13.1 Å². The first-order chi connectivity index (χ1) is 11.1. The summed E-state index contributed by atoms with van der Waals surface area (Å²) in [6.45, 7) is 4.87. The number of anilines is 1. The number of rotatable bonds is 6. The Labute approximate surface area is 134 Å². The monoisotopic (exact) mass is 341 g/mol. The summed E-state index contributed by atoms with van der Waals surface area (Å²) in [7, 11) is -3.85. The van der Waals surface area contributed by atoms with Gasteiger partial charge >= 0.3 is 19.2 Å². The standard InChI is InChI=1S/C14H20N3O5P/c1-3-20-23(19,21-4-2)12-11(10-15)13(18)22-14(16-12)17-8-6-5-7-9-17/h3-9H2,1-2H3. The fourth-order valence-corrected chi connectivity index (χ4v) is 4.03. The van der Waals surface area contributed by atoms with Crippen LogP contribution in [-0.2, 0) is 13.6 Å². The Kier molecular flexibility index (Phi) is 5.94. The quantitative estimate of drug-likeness (QED) is 0.721. The third-order valence-corrected chi connectivity index (χ3v) is 5.45. The van der Waals surface area contributed by atoms with Crippen LogP contribution >= 0.6 is 7.60 Å². The van der Waals surface area contributed by atoms with Crippen molar-refractivity contribution in [1.29, 1.82) is 5.26 Å². The average Bonchev–Trinajstić information content (AvgIpc) is 2.55. The third kappa shape index (κ3) is 3.81. The summed E-state index contributed by atoms with van der Waals surface area (Å²) in [4.78, 5) is 18.1. The van der Waals surface area contributed by atoms with E-state index in [1.54, 1.807) is 24.8 Å². The lowest BCUT2D eigenvalue weighted by Crippen LogP contribution is -2.34. The SMILES string of the molecule is CCOP(=O)(OCC)c1nc(N2CCCCC2)oc(=O)c1C#N. The average molecular weight is 341 g/mol. The van der Waals surface area contributed by atoms with Crippen LogP contribution in [-0.4, -0.2) is 31.3 Å². The number of nitrogens with zero attached hydrogens (tertiary/aromatic N) is 3. The van der Waals surface area contributed by atoms with Crippen molar-refractivity contribution in [3.8, 4) is 6.07 Å². The molecule has 2 heterocycles. The van der Waals surface area contributed by atoms with Crippen LogP contribution in [0.5, 0.6) is 0 Å². The molecule has 0 bridgehead atoms. The van der Waals surface area contributed by atoms with Crippen molar-refractivity contribution in [2.45, 2.75) is 33.1 Å². The van der Waals surface area contributed by atoms with Gasteiger partial charge < -0.3 is 18.4 Å². The van der Waals surface area contributed by atoms with Crippen LogP contribution in [0.3, 0.4) is 0 Å². The summed E-state index contributed by atoms with van der Waals surface area (Å²) >= 11 is 0. The molecule has 0 aromatic carbocycles. The lowest BCUT2D eigenvalue weighted by molar-refractivity contribution is 0.229. The van der Waals surface area contributed by atoms with Gasteiger partial charge in [-0.25, -0.2) is 4.79 Å². The molecule has 0 amide bonds. The van der Waals surface area contributed by atoms with E-state index < -0.39 is 18.8 Å². The van der Waals surface area contributed by atoms with Gasteiger partial charge in [0.2, 0.25) is 0 Å². The molecule has 9 heteroatoms. The Morgan fingerprint density at radius 1 is 1.26 bits per heavy atom. The molecule has 0 unspecified atom stereocenters. The fraction of sp³-hybridized carbons (Fsp3) is 0.643. The van der Waals surface area contributed by atoms with E-state index in [0.29, 0.717) is 13.1 Å². The molecule has 0 radical (unpaired) electrons. The molecule has 126 valence electrons. The van der Waals surface area contributed by atoms with E-state index in [0.717, 1.165) is 19.3 Å². The van der Waals surface area contributed by atoms with Crippen LogP contribution in [0.15, 0.2) is 9.21 Å². The van der Waals surface area contributed by atoms with E-state index in [9.17, 15) is 14.6 Å². The topological polar surface area (TPSA) is 106 Å². The largest absolute Gasteiger partial charge is 0.388 e. The lowest BCUT2D eigenvalue weighted by atomic mass is 10.1. The van der Waals surface area contributed by atoms with E-state index in [1.807, 2.05) is 0 Å². The van der Waals surface area contributed by atoms with E-state index in [-0.39, 0.29) is 24.7 Å². The summed E-state index contributed by atoms with van der Waals surface area (Å²) in [6, 6.07) is 1.76. The van der Waals surface area contributed by atoms with Crippen LogP contribution in [0.25, 0.3) is 0 Å². The van der Waals surface area contributed by atoms with Gasteiger partial charge in [0.1, 0.15) is 6.07 Å². The van der Waals surface area contributed by atoms with Crippen molar-refractivity contribution in [2.75, 3.05) is 31.2 Å². The Bertz CT molecular complexity index is 681. The zero-order valence-corrected chi connectivity index (χ0v) is 14.2. The lowest BCUT2D eigenvalue weighted by Gasteiger charge is -2.26. The third-order valence-electron chi connectivity index (χ3n) is 3.41. The van der Waals surface area contributed by atoms with Crippen LogP contribution in [0, 0.1) is 11.3 Å². The summed E-state index contributed by atoms with van der Waals surface area (Å²) < 4.78 is 28.5. The van der Waals surface area contributed by atoms with Crippen LogP contribution in [0.2, 0.25) is 0 Å². The predicted octanol–water partition coefficient (Wildman–Crippen LogP) is 1.79. The Balaban J connectivity index is 2.55. The van der Waals surface area contributed by atoms with E-state index in [1.165, 1.54) is 0 Å². The molecule has 0 spiro atoms. The van der Waals surface area contributed by atoms with Gasteiger partial charge in [0.25, 0.3) is 0 Å². The van der Waals surface area contributed by atoms with Crippen LogP contribution < -0.4 is 16.0 Å². The van der Waals surface area contributed by atoms with Gasteiger partial charge in [-0.15, -0.1) is 0 Å². The maximum atomic E-state index is 12.9. The second-order valence-electron chi connectivity index (χ2n) is 4.98. The van der Waals surface area contributed by atoms with Gasteiger partial charge in [-0.1, -0.05) is 0 Å². The molecule has 0 atom stereocenters. The van der Waals surface area contributed by atoms with Gasteiger partial charge in [-0.05, 0) is 33.1 Å². The summed E-state index contributed by atoms with van der Waals surface area (Å²) in [5.74, 6) is 0. The summed E-state index contributed by atoms with van der Waals surface area (Å²) in [5.41, 5.74) is -1.57. The maximum absolute atomic E-state index is 12.9. The Hall–Kier alpha value is -1.68. The molecule has 1 aromatic heterocycles. The Morgan fingerprint density at radius 2 is 1.87 bits per heavy atom. The molecule has 0 aliphatic carbocycles. The second kappa shape index (κ2) is 7.73. The highest BCUT2D eigenvalue weighted by Gasteiger charge is 2.35. The maximum Gasteiger partial charge on any atom is 0.381 e. The number of hydrogen-bond donors (Lipinski definition) is 0. The molecule has 8 nitrogen and oxygen atoms in total. The van der Waals surface area contributed by atoms with Crippen molar-refractivity contribution >= 4 is 19.0 Å². The molecule has 0 N–H and O–H groups in total. The smallest absolute Gasteiger partial charge is 0.381 e. The zero-order chi connectivity index (χ0) is 16.9. The van der Waals surface area contributed by atoms with Crippen molar-refractivity contribution in [1.82, 2.24) is 4.98 Å². The van der Waals surface area contributed by atoms with Gasteiger partial charge in [-0.3, -0.25) is 4.57 Å². The Morgan fingerprint density at radius 3 is 2.39 bits per heavy atom. The van der Waals surface area contributed by atoms with Crippen molar-refractivity contribution in [3.63, 3.8) is 0 Å². The number of piperidine rings is 1. The molecule has 1 fully saturated rings. The minimum Gasteiger partial charge on any atom is -0.388 e. The number of aromatic nitrogens is 1. The highest BCUT2D eigenvalue weighted by molar-refractivity contribution is 7.62. The molecular weight excluding hydrogens is 321 g/mol. The normalized spacial score (nSPS) is 15.4. The second-order valence-corrected chi connectivity index (χ2v) is 6.91. The van der Waals surface area contributed by atoms with Crippen molar-refractivity contribution in [3.05, 3.63) is 16.0 Å². The summed E-state index contributed by atoms with van der Waals surface area (Å²) in [5, 5.41) is 9.20. The minimum atomic E-state index is -3.85. The molecule has 1 aliphatic rings. The molecule has 2 rings (SSSR count). The van der Waals surface area contributed by atoms with Gasteiger partial charge in [-0.2, -0.15) is 10.2 Å². The van der Waals surface area contributed by atoms with Gasteiger partial charge in [0.05, 0.1) is 13.2 Å². The predicted molar refractivity (Wildman–Crippen MR) is 84.0 cm³/mol. The van der Waals surface area contributed by atoms with Crippen LogP contribution in [0.4, 0.5) is 6.01 Å². The molecule has 1 aliphatic heterocycles. The van der Waals surface area contributed by atoms with E-state index in [4.69, 9.17) is 13.5 Å². The van der Waals surface area contributed by atoms with Crippen LogP contribution in [0.1, 0.15) is 38.7 Å². The van der Waals surface area contributed by atoms with E-state index >= 15 is 0 Å². The van der Waals surface area contributed by atoms with Crippen molar-refractivity contribution < 1.29 is 18.0 Å². The first-order valence-corrected chi connectivity index (χ1v) is 9.19. The molecule has 1 aromatic rings. The highest BCUT2D eigenvalue weighted by Crippen LogP contribution is 2.46. The van der Waals surface area contributed by atoms with E-state index in [2.05, 4.69) is 4.98 Å². The minimum absolute atomic E-state index is 0.0586. The molecule has 0 saturated carbocycles. The summed E-state index contributed by atoms with van der Waals surface area (Å²) in [6.07, 6.45) is 3.00. The number of nitriles is 1. The molecule has 1 saturated heterocycles. The molecule has 23 heavy (non-hydrogen) atoms. The molecular formula is C14H20N3O5P.